The number of nitrogens with zero attached hydrogens (tertiary/aromatic N) is 1. The van der Waals surface area contributed by atoms with Crippen LogP contribution in [0, 0.1) is 6.92 Å². The maximum atomic E-state index is 10.6. The molecule has 1 aromatic rings. The highest BCUT2D eigenvalue weighted by molar-refractivity contribution is 5.73. The SMILES string of the molecule is Cc1ccccc1OCCN(C)CC1CCCO1.O=C(O)C(F)(F)F. The van der Waals surface area contributed by atoms with Gasteiger partial charge in [-0.1, -0.05) is 18.2 Å². The third kappa shape index (κ3) is 8.74. The Balaban J connectivity index is 0.000000381. The highest BCUT2D eigenvalue weighted by Gasteiger charge is 2.38. The fraction of sp³-hybridized carbons (Fsp3) is 0.588. The third-order valence-corrected chi connectivity index (χ3v) is 3.61. The zero-order valence-corrected chi connectivity index (χ0v) is 14.4. The van der Waals surface area contributed by atoms with Crippen LogP contribution in [0.2, 0.25) is 0 Å². The summed E-state index contributed by atoms with van der Waals surface area (Å²) >= 11 is 0. The second-order valence-corrected chi connectivity index (χ2v) is 5.81. The molecule has 1 N–H and O–H groups in total. The summed E-state index contributed by atoms with van der Waals surface area (Å²) in [5, 5.41) is 7.12. The first-order valence-corrected chi connectivity index (χ1v) is 7.99. The molecule has 1 aromatic carbocycles. The van der Waals surface area contributed by atoms with Gasteiger partial charge in [0.05, 0.1) is 6.10 Å². The van der Waals surface area contributed by atoms with Crippen LogP contribution in [0.15, 0.2) is 24.3 Å². The molecule has 1 saturated heterocycles. The smallest absolute Gasteiger partial charge is 0.490 e. The Bertz CT molecular complexity index is 531. The van der Waals surface area contributed by atoms with E-state index in [1.807, 2.05) is 18.2 Å². The quantitative estimate of drug-likeness (QED) is 0.842. The number of halogens is 3. The van der Waals surface area contributed by atoms with Crippen LogP contribution in [0.3, 0.4) is 0 Å². The molecule has 2 rings (SSSR count). The summed E-state index contributed by atoms with van der Waals surface area (Å²) in [6, 6.07) is 8.14. The maximum Gasteiger partial charge on any atom is 0.490 e. The Kier molecular flexibility index (Phi) is 8.71. The van der Waals surface area contributed by atoms with E-state index >= 15 is 0 Å². The van der Waals surface area contributed by atoms with Crippen molar-refractivity contribution in [2.75, 3.05) is 33.4 Å². The van der Waals surface area contributed by atoms with E-state index in [1.54, 1.807) is 0 Å². The van der Waals surface area contributed by atoms with Gasteiger partial charge in [0.2, 0.25) is 0 Å². The summed E-state index contributed by atoms with van der Waals surface area (Å²) in [6.45, 7) is 5.68. The third-order valence-electron chi connectivity index (χ3n) is 3.61. The molecule has 1 atom stereocenters. The van der Waals surface area contributed by atoms with Crippen LogP contribution >= 0.6 is 0 Å². The minimum atomic E-state index is -5.08. The first kappa shape index (κ1) is 21.2. The van der Waals surface area contributed by atoms with E-state index in [9.17, 15) is 13.2 Å². The molecule has 25 heavy (non-hydrogen) atoms. The van der Waals surface area contributed by atoms with Gasteiger partial charge >= 0.3 is 12.1 Å². The number of rotatable bonds is 6. The van der Waals surface area contributed by atoms with Crippen LogP contribution < -0.4 is 4.74 Å². The summed E-state index contributed by atoms with van der Waals surface area (Å²) in [6.07, 6.45) is -2.25. The van der Waals surface area contributed by atoms with Crippen molar-refractivity contribution in [3.05, 3.63) is 29.8 Å². The predicted octanol–water partition coefficient (Wildman–Crippen LogP) is 3.12. The summed E-state index contributed by atoms with van der Waals surface area (Å²) in [4.78, 5) is 11.2. The molecule has 0 saturated carbocycles. The molecular weight excluding hydrogens is 339 g/mol. The number of hydrogen-bond donors (Lipinski definition) is 1. The van der Waals surface area contributed by atoms with Crippen molar-refractivity contribution in [2.24, 2.45) is 0 Å². The highest BCUT2D eigenvalue weighted by Crippen LogP contribution is 2.16. The van der Waals surface area contributed by atoms with Gasteiger partial charge in [-0.25, -0.2) is 4.79 Å². The average molecular weight is 363 g/mol. The van der Waals surface area contributed by atoms with Crippen LogP contribution in [0.1, 0.15) is 18.4 Å². The number of para-hydroxylation sites is 1. The molecule has 1 aliphatic rings. The number of likely N-dealkylation sites (N-methyl/N-ethyl adjacent to an activating group) is 1. The average Bonchev–Trinajstić information content (AvgIpc) is 3.02. The van der Waals surface area contributed by atoms with Crippen molar-refractivity contribution in [2.45, 2.75) is 32.0 Å². The number of aryl methyl sites for hydroxylation is 1. The molecular formula is C17H24F3NO4. The fourth-order valence-corrected chi connectivity index (χ4v) is 2.26. The lowest BCUT2D eigenvalue weighted by Gasteiger charge is -2.20. The summed E-state index contributed by atoms with van der Waals surface area (Å²) < 4.78 is 43.2. The molecule has 8 heteroatoms. The van der Waals surface area contributed by atoms with E-state index in [4.69, 9.17) is 19.4 Å². The second-order valence-electron chi connectivity index (χ2n) is 5.81. The van der Waals surface area contributed by atoms with E-state index < -0.39 is 12.1 Å². The van der Waals surface area contributed by atoms with Crippen LogP contribution in [0.25, 0.3) is 0 Å². The largest absolute Gasteiger partial charge is 0.492 e. The maximum absolute atomic E-state index is 10.6. The number of aliphatic carboxylic acids is 1. The van der Waals surface area contributed by atoms with E-state index in [0.717, 1.165) is 32.1 Å². The molecule has 0 bridgehead atoms. The second kappa shape index (κ2) is 10.2. The van der Waals surface area contributed by atoms with Gasteiger partial charge in [-0.15, -0.1) is 0 Å². The van der Waals surface area contributed by atoms with Gasteiger partial charge in [-0.05, 0) is 38.4 Å². The molecule has 0 spiro atoms. The molecule has 5 nitrogen and oxygen atoms in total. The van der Waals surface area contributed by atoms with Crippen molar-refractivity contribution in [1.29, 1.82) is 0 Å². The van der Waals surface area contributed by atoms with E-state index in [0.29, 0.717) is 6.10 Å². The van der Waals surface area contributed by atoms with Gasteiger partial charge in [0, 0.05) is 19.7 Å². The lowest BCUT2D eigenvalue weighted by atomic mass is 10.2. The summed E-state index contributed by atoms with van der Waals surface area (Å²) in [7, 11) is 2.13. The molecule has 1 heterocycles. The first-order valence-electron chi connectivity index (χ1n) is 7.99. The Hall–Kier alpha value is -1.80. The van der Waals surface area contributed by atoms with Crippen molar-refractivity contribution >= 4 is 5.97 Å². The van der Waals surface area contributed by atoms with E-state index in [-0.39, 0.29) is 0 Å². The molecule has 1 aliphatic heterocycles. The number of hydrogen-bond acceptors (Lipinski definition) is 4. The molecule has 1 unspecified atom stereocenters. The summed E-state index contributed by atoms with van der Waals surface area (Å²) in [5.41, 5.74) is 1.19. The van der Waals surface area contributed by atoms with Gasteiger partial charge in [0.15, 0.2) is 0 Å². The van der Waals surface area contributed by atoms with E-state index in [1.165, 1.54) is 18.4 Å². The lowest BCUT2D eigenvalue weighted by molar-refractivity contribution is -0.192. The van der Waals surface area contributed by atoms with Crippen molar-refractivity contribution in [1.82, 2.24) is 4.90 Å². The lowest BCUT2D eigenvalue weighted by Crippen LogP contribution is -2.32. The molecule has 0 aromatic heterocycles. The Morgan fingerprint density at radius 3 is 2.56 bits per heavy atom. The van der Waals surface area contributed by atoms with Crippen molar-refractivity contribution in [3.8, 4) is 5.75 Å². The van der Waals surface area contributed by atoms with Crippen LogP contribution in [0.4, 0.5) is 13.2 Å². The van der Waals surface area contributed by atoms with E-state index in [2.05, 4.69) is 24.9 Å². The molecule has 1 fully saturated rings. The van der Waals surface area contributed by atoms with Gasteiger partial charge in [-0.2, -0.15) is 13.2 Å². The van der Waals surface area contributed by atoms with Gasteiger partial charge in [0.25, 0.3) is 0 Å². The number of alkyl halides is 3. The fourth-order valence-electron chi connectivity index (χ4n) is 2.26. The normalized spacial score (nSPS) is 17.1. The van der Waals surface area contributed by atoms with Crippen LogP contribution in [-0.4, -0.2) is 61.6 Å². The minimum Gasteiger partial charge on any atom is -0.492 e. The molecule has 0 aliphatic carbocycles. The van der Waals surface area contributed by atoms with Crippen molar-refractivity contribution in [3.63, 3.8) is 0 Å². The molecule has 142 valence electrons. The van der Waals surface area contributed by atoms with Crippen LogP contribution in [0.5, 0.6) is 5.75 Å². The summed E-state index contributed by atoms with van der Waals surface area (Å²) in [5.74, 6) is -1.77. The highest BCUT2D eigenvalue weighted by atomic mass is 19.4. The zero-order chi connectivity index (χ0) is 18.9. The molecule has 0 radical (unpaired) electrons. The monoisotopic (exact) mass is 363 g/mol. The van der Waals surface area contributed by atoms with Gasteiger partial charge in [0.1, 0.15) is 12.4 Å². The number of carboxylic acids is 1. The number of ether oxygens (including phenoxy) is 2. The number of benzene rings is 1. The minimum absolute atomic E-state index is 0.425. The van der Waals surface area contributed by atoms with Crippen molar-refractivity contribution < 1.29 is 32.5 Å². The van der Waals surface area contributed by atoms with Gasteiger partial charge in [-0.3, -0.25) is 0 Å². The topological polar surface area (TPSA) is 59.0 Å². The number of carboxylic acid groups (broad SMARTS) is 1. The Morgan fingerprint density at radius 2 is 2.04 bits per heavy atom. The first-order chi connectivity index (χ1) is 11.7. The molecule has 0 amide bonds. The number of carbonyl (C=O) groups is 1. The standard InChI is InChI=1S/C15H23NO2.C2HF3O2/c1-13-6-3-4-8-15(13)18-11-9-16(2)12-14-7-5-10-17-14;3-2(4,5)1(6)7/h3-4,6,8,14H,5,7,9-12H2,1-2H3;(H,6,7). The Morgan fingerprint density at radius 1 is 1.40 bits per heavy atom. The zero-order valence-electron chi connectivity index (χ0n) is 14.4. The van der Waals surface area contributed by atoms with Crippen LogP contribution in [-0.2, 0) is 9.53 Å². The van der Waals surface area contributed by atoms with Gasteiger partial charge < -0.3 is 19.5 Å². The Labute approximate surface area is 145 Å². The predicted molar refractivity (Wildman–Crippen MR) is 86.8 cm³/mol.